The fourth-order valence-electron chi connectivity index (χ4n) is 2.39. The largest absolute Gasteiger partial charge is 0.345 e. The second-order valence-electron chi connectivity index (χ2n) is 6.57. The Morgan fingerprint density at radius 1 is 1.34 bits per heavy atom. The predicted molar refractivity (Wildman–Crippen MR) is 107 cm³/mol. The minimum Gasteiger partial charge on any atom is -0.345 e. The van der Waals surface area contributed by atoms with Gasteiger partial charge in [0.2, 0.25) is 5.92 Å². The summed E-state index contributed by atoms with van der Waals surface area (Å²) >= 11 is 0. The molecule has 1 N–H and O–H groups in total. The van der Waals surface area contributed by atoms with Crippen molar-refractivity contribution >= 4 is 34.9 Å². The van der Waals surface area contributed by atoms with Gasteiger partial charge in [-0.05, 0) is 31.2 Å². The topological polar surface area (TPSA) is 92.0 Å². The molecule has 1 amide bonds. The molecule has 0 aliphatic carbocycles. The number of hydrogen-bond acceptors (Lipinski definition) is 4. The summed E-state index contributed by atoms with van der Waals surface area (Å²) in [6.45, 7) is 1.78. The van der Waals surface area contributed by atoms with Crippen LogP contribution >= 0.6 is 13.5 Å². The summed E-state index contributed by atoms with van der Waals surface area (Å²) in [4.78, 5) is 12.2. The number of carbonyl (C=O) groups excluding carboxylic acids is 1. The molecule has 29 heavy (non-hydrogen) atoms. The normalized spacial score (nSPS) is 12.6. The molecule has 1 aromatic carbocycles. The summed E-state index contributed by atoms with van der Waals surface area (Å²) < 4.78 is 66.0. The number of anilines is 1. The van der Waals surface area contributed by atoms with E-state index in [-0.39, 0.29) is 35.3 Å². The van der Waals surface area contributed by atoms with Gasteiger partial charge in [0, 0.05) is 24.8 Å². The molecule has 0 aliphatic heterocycles. The van der Waals surface area contributed by atoms with E-state index in [1.54, 1.807) is 6.07 Å². The van der Waals surface area contributed by atoms with Gasteiger partial charge in [-0.15, -0.1) is 0 Å². The zero-order valence-corrected chi connectivity index (χ0v) is 17.6. The molecule has 6 nitrogen and oxygen atoms in total. The Hall–Kier alpha value is -2.45. The molecule has 11 heteroatoms. The van der Waals surface area contributed by atoms with Crippen molar-refractivity contribution in [2.45, 2.75) is 24.7 Å². The number of nitriles is 1. The molecule has 0 saturated carbocycles. The Morgan fingerprint density at radius 2 is 1.97 bits per heavy atom. The number of amides is 1. The fourth-order valence-corrected chi connectivity index (χ4v) is 4.14. The van der Waals surface area contributed by atoms with Crippen molar-refractivity contribution in [1.29, 1.82) is 5.26 Å². The zero-order chi connectivity index (χ0) is 21.3. The van der Waals surface area contributed by atoms with Crippen molar-refractivity contribution in [2.24, 2.45) is 13.0 Å². The lowest BCUT2D eigenvalue weighted by Gasteiger charge is -2.18. The molecule has 1 atom stereocenters. The number of sulfone groups is 1. The first-order valence-corrected chi connectivity index (χ1v) is 9.78. The monoisotopic (exact) mass is 447 g/mol. The fraction of sp³-hybridized carbons (Fsp3) is 0.333. The predicted octanol–water partition coefficient (Wildman–Crippen LogP) is 3.47. The first-order valence-electron chi connectivity index (χ1n) is 8.13. The lowest BCUT2D eigenvalue weighted by molar-refractivity contribution is -0.0238. The lowest BCUT2D eigenvalue weighted by atomic mass is 10.1. The van der Waals surface area contributed by atoms with E-state index in [0.29, 0.717) is 6.92 Å². The van der Waals surface area contributed by atoms with Gasteiger partial charge in [-0.1, -0.05) is 6.92 Å². The van der Waals surface area contributed by atoms with Crippen LogP contribution in [-0.4, -0.2) is 30.6 Å². The maximum atomic E-state index is 13.4. The Bertz CT molecular complexity index is 1050. The average molecular weight is 448 g/mol. The van der Waals surface area contributed by atoms with Crippen LogP contribution in [-0.2, 0) is 16.9 Å². The molecule has 158 valence electrons. The Labute approximate surface area is 173 Å². The van der Waals surface area contributed by atoms with E-state index < -0.39 is 39.2 Å². The van der Waals surface area contributed by atoms with Gasteiger partial charge in [0.1, 0.15) is 17.6 Å². The number of rotatable bonds is 6. The second kappa shape index (κ2) is 8.92. The number of aromatic nitrogens is 1. The Kier molecular flexibility index (Phi) is 7.56. The molecule has 2 aromatic rings. The van der Waals surface area contributed by atoms with Crippen LogP contribution in [0.15, 0.2) is 35.4 Å². The minimum atomic E-state index is -4.04. The van der Waals surface area contributed by atoms with E-state index in [9.17, 15) is 26.4 Å². The third-order valence-electron chi connectivity index (χ3n) is 4.25. The number of alkyl halides is 2. The summed E-state index contributed by atoms with van der Waals surface area (Å²) in [6, 6.07) is 6.13. The summed E-state index contributed by atoms with van der Waals surface area (Å²) in [5.74, 6) is -6.78. The van der Waals surface area contributed by atoms with Crippen LogP contribution in [0.25, 0.3) is 0 Å². The molecular weight excluding hydrogens is 427 g/mol. The standard InChI is InChI=1S/C18H18F3N3O3S.H2S/c1-11(18(2,20)21)10-28(26,27)14-7-16(24(3)9-14)17(25)23-13-4-5-15(19)12(6-13)8-22;/h4-7,9,11H,10H2,1-3H3,(H,23,25);1H2/t11-;/m1./s1. The highest BCUT2D eigenvalue weighted by Gasteiger charge is 2.35. The van der Waals surface area contributed by atoms with Gasteiger partial charge >= 0.3 is 0 Å². The van der Waals surface area contributed by atoms with E-state index in [1.807, 2.05) is 0 Å². The van der Waals surface area contributed by atoms with Crippen LogP contribution < -0.4 is 5.32 Å². The van der Waals surface area contributed by atoms with Crippen LogP contribution in [0.2, 0.25) is 0 Å². The number of benzene rings is 1. The van der Waals surface area contributed by atoms with Crippen molar-refractivity contribution in [3.8, 4) is 6.07 Å². The number of hydrogen-bond donors (Lipinski definition) is 1. The van der Waals surface area contributed by atoms with Crippen molar-refractivity contribution in [3.63, 3.8) is 0 Å². The SMILES string of the molecule is C[C@H](CS(=O)(=O)c1cc(C(=O)Nc2ccc(F)c(C#N)c2)n(C)c1)C(C)(F)F.S. The van der Waals surface area contributed by atoms with Crippen LogP contribution in [0.3, 0.4) is 0 Å². The molecular formula is C18H20F3N3O3S2. The number of nitrogens with zero attached hydrogens (tertiary/aromatic N) is 2. The number of halogens is 3. The van der Waals surface area contributed by atoms with Crippen LogP contribution in [0, 0.1) is 23.1 Å². The number of nitrogens with one attached hydrogen (secondary N) is 1. The smallest absolute Gasteiger partial charge is 0.272 e. The minimum absolute atomic E-state index is 0. The first-order chi connectivity index (χ1) is 12.8. The van der Waals surface area contributed by atoms with Crippen LogP contribution in [0.1, 0.15) is 29.9 Å². The van der Waals surface area contributed by atoms with Crippen molar-refractivity contribution in [2.75, 3.05) is 11.1 Å². The summed E-state index contributed by atoms with van der Waals surface area (Å²) in [5.41, 5.74) is -0.160. The highest BCUT2D eigenvalue weighted by atomic mass is 32.2. The molecule has 0 aliphatic rings. The van der Waals surface area contributed by atoms with E-state index >= 15 is 0 Å². The maximum Gasteiger partial charge on any atom is 0.272 e. The summed E-state index contributed by atoms with van der Waals surface area (Å²) in [7, 11) is -2.61. The second-order valence-corrected chi connectivity index (χ2v) is 8.61. The maximum absolute atomic E-state index is 13.4. The molecule has 0 spiro atoms. The van der Waals surface area contributed by atoms with Crippen LogP contribution in [0.5, 0.6) is 0 Å². The summed E-state index contributed by atoms with van der Waals surface area (Å²) in [5, 5.41) is 11.3. The van der Waals surface area contributed by atoms with Crippen molar-refractivity contribution in [3.05, 3.63) is 47.5 Å². The summed E-state index contributed by atoms with van der Waals surface area (Å²) in [6.07, 6.45) is 1.16. The van der Waals surface area contributed by atoms with E-state index in [0.717, 1.165) is 31.3 Å². The lowest BCUT2D eigenvalue weighted by Crippen LogP contribution is -2.28. The van der Waals surface area contributed by atoms with Gasteiger partial charge in [0.25, 0.3) is 5.91 Å². The van der Waals surface area contributed by atoms with Crippen molar-refractivity contribution in [1.82, 2.24) is 4.57 Å². The quantitative estimate of drug-likeness (QED) is 0.734. The van der Waals surface area contributed by atoms with E-state index in [2.05, 4.69) is 5.32 Å². The highest BCUT2D eigenvalue weighted by molar-refractivity contribution is 7.91. The number of carbonyl (C=O) groups is 1. The van der Waals surface area contributed by atoms with Crippen molar-refractivity contribution < 1.29 is 26.4 Å². The highest BCUT2D eigenvalue weighted by Crippen LogP contribution is 2.27. The molecule has 0 radical (unpaired) electrons. The number of aryl methyl sites for hydroxylation is 1. The molecule has 2 rings (SSSR count). The third kappa shape index (κ3) is 5.77. The van der Waals surface area contributed by atoms with Gasteiger partial charge in [0.15, 0.2) is 9.84 Å². The van der Waals surface area contributed by atoms with Gasteiger partial charge in [-0.3, -0.25) is 4.79 Å². The van der Waals surface area contributed by atoms with E-state index in [1.165, 1.54) is 17.7 Å². The van der Waals surface area contributed by atoms with Gasteiger partial charge in [-0.2, -0.15) is 18.8 Å². The van der Waals surface area contributed by atoms with Crippen LogP contribution in [0.4, 0.5) is 18.9 Å². The Morgan fingerprint density at radius 3 is 2.52 bits per heavy atom. The first kappa shape index (κ1) is 24.6. The Balaban J connectivity index is 0.00000420. The third-order valence-corrected chi connectivity index (χ3v) is 6.13. The molecule has 1 aromatic heterocycles. The zero-order valence-electron chi connectivity index (χ0n) is 15.8. The molecule has 1 heterocycles. The average Bonchev–Trinajstić information content (AvgIpc) is 2.98. The van der Waals surface area contributed by atoms with Gasteiger partial charge in [-0.25, -0.2) is 21.6 Å². The van der Waals surface area contributed by atoms with Gasteiger partial charge < -0.3 is 9.88 Å². The molecule has 0 saturated heterocycles. The molecule has 0 bridgehead atoms. The van der Waals surface area contributed by atoms with Gasteiger partial charge in [0.05, 0.1) is 16.2 Å². The molecule has 0 fully saturated rings. The van der Waals surface area contributed by atoms with E-state index in [4.69, 9.17) is 5.26 Å². The molecule has 0 unspecified atom stereocenters.